The highest BCUT2D eigenvalue weighted by Gasteiger charge is 2.22. The van der Waals surface area contributed by atoms with E-state index in [1.54, 1.807) is 6.92 Å². The molecule has 0 aliphatic rings. The topological polar surface area (TPSA) is 43.4 Å². The van der Waals surface area contributed by atoms with Crippen molar-refractivity contribution in [3.8, 4) is 0 Å². The van der Waals surface area contributed by atoms with Crippen molar-refractivity contribution < 1.29 is 18.7 Å². The summed E-state index contributed by atoms with van der Waals surface area (Å²) in [7, 11) is 0. The van der Waals surface area contributed by atoms with Gasteiger partial charge in [0.05, 0.1) is 12.2 Å². The summed E-state index contributed by atoms with van der Waals surface area (Å²) in [6.45, 7) is 3.16. The van der Waals surface area contributed by atoms with Crippen LogP contribution in [0, 0.1) is 5.82 Å². The van der Waals surface area contributed by atoms with E-state index in [4.69, 9.17) is 4.74 Å². The fourth-order valence-electron chi connectivity index (χ4n) is 1.33. The molecule has 3 nitrogen and oxygen atoms in total. The van der Waals surface area contributed by atoms with Crippen molar-refractivity contribution in [2.24, 2.45) is 0 Å². The molecule has 92 valence electrons. The van der Waals surface area contributed by atoms with Gasteiger partial charge in [0.15, 0.2) is 0 Å². The number of ketones is 1. The zero-order chi connectivity index (χ0) is 13.0. The molecule has 17 heavy (non-hydrogen) atoms. The van der Waals surface area contributed by atoms with E-state index in [1.807, 2.05) is 0 Å². The molecule has 0 heterocycles. The SMILES string of the molecule is CCOC(=O)c1cccc(C(Br)C(C)=O)c1F. The van der Waals surface area contributed by atoms with Crippen molar-refractivity contribution >= 4 is 27.7 Å². The van der Waals surface area contributed by atoms with Crippen LogP contribution in [0.3, 0.4) is 0 Å². The first kappa shape index (κ1) is 13.8. The highest BCUT2D eigenvalue weighted by molar-refractivity contribution is 9.09. The van der Waals surface area contributed by atoms with Gasteiger partial charge in [0, 0.05) is 5.56 Å². The molecule has 1 aromatic rings. The summed E-state index contributed by atoms with van der Waals surface area (Å²) >= 11 is 3.08. The minimum absolute atomic E-state index is 0.142. The summed E-state index contributed by atoms with van der Waals surface area (Å²) in [5.41, 5.74) is -0.0156. The quantitative estimate of drug-likeness (QED) is 0.634. The summed E-state index contributed by atoms with van der Waals surface area (Å²) in [6, 6.07) is 4.30. The van der Waals surface area contributed by atoms with Crippen molar-refractivity contribution in [3.63, 3.8) is 0 Å². The molecular formula is C12H12BrFO3. The maximum atomic E-state index is 14.0. The molecule has 0 aliphatic carbocycles. The van der Waals surface area contributed by atoms with Gasteiger partial charge in [-0.2, -0.15) is 0 Å². The molecule has 0 fully saturated rings. The first-order chi connectivity index (χ1) is 7.99. The molecule has 1 aromatic carbocycles. The fourth-order valence-corrected chi connectivity index (χ4v) is 1.68. The lowest BCUT2D eigenvalue weighted by Gasteiger charge is -2.10. The normalized spacial score (nSPS) is 12.0. The minimum Gasteiger partial charge on any atom is -0.462 e. The largest absolute Gasteiger partial charge is 0.462 e. The number of esters is 1. The van der Waals surface area contributed by atoms with Gasteiger partial charge in [-0.3, -0.25) is 4.79 Å². The van der Waals surface area contributed by atoms with Crippen molar-refractivity contribution in [2.75, 3.05) is 6.61 Å². The second-order valence-corrected chi connectivity index (χ2v) is 4.32. The molecule has 0 bridgehead atoms. The Morgan fingerprint density at radius 3 is 2.65 bits per heavy atom. The van der Waals surface area contributed by atoms with Crippen LogP contribution in [0.2, 0.25) is 0 Å². The van der Waals surface area contributed by atoms with Gasteiger partial charge in [0.2, 0.25) is 0 Å². The van der Waals surface area contributed by atoms with Gasteiger partial charge in [-0.25, -0.2) is 9.18 Å². The third kappa shape index (κ3) is 3.12. The molecule has 0 aliphatic heterocycles. The minimum atomic E-state index is -0.753. The lowest BCUT2D eigenvalue weighted by molar-refractivity contribution is -0.116. The van der Waals surface area contributed by atoms with Crippen molar-refractivity contribution in [3.05, 3.63) is 35.1 Å². The fraction of sp³-hybridized carbons (Fsp3) is 0.333. The molecular weight excluding hydrogens is 291 g/mol. The van der Waals surface area contributed by atoms with E-state index in [0.717, 1.165) is 0 Å². The predicted octanol–water partition coefficient (Wildman–Crippen LogP) is 3.03. The lowest BCUT2D eigenvalue weighted by atomic mass is 10.1. The Balaban J connectivity index is 3.15. The molecule has 1 rings (SSSR count). The van der Waals surface area contributed by atoms with Gasteiger partial charge in [0.1, 0.15) is 16.4 Å². The van der Waals surface area contributed by atoms with Crippen LogP contribution in [0.4, 0.5) is 4.39 Å². The third-order valence-electron chi connectivity index (χ3n) is 2.15. The third-order valence-corrected chi connectivity index (χ3v) is 3.29. The van der Waals surface area contributed by atoms with Crippen LogP contribution < -0.4 is 0 Å². The summed E-state index contributed by atoms with van der Waals surface area (Å²) in [5.74, 6) is -1.68. The number of ether oxygens (including phenoxy) is 1. The second kappa shape index (κ2) is 5.91. The summed E-state index contributed by atoms with van der Waals surface area (Å²) in [4.78, 5) is 21.9. The number of rotatable bonds is 4. The summed E-state index contributed by atoms with van der Waals surface area (Å²) in [6.07, 6.45) is 0. The molecule has 0 radical (unpaired) electrons. The Kier molecular flexibility index (Phi) is 4.81. The van der Waals surface area contributed by atoms with Gasteiger partial charge in [-0.15, -0.1) is 0 Å². The lowest BCUT2D eigenvalue weighted by Crippen LogP contribution is -2.11. The van der Waals surface area contributed by atoms with Crippen LogP contribution in [-0.2, 0) is 9.53 Å². The van der Waals surface area contributed by atoms with Gasteiger partial charge >= 0.3 is 5.97 Å². The average Bonchev–Trinajstić information content (AvgIpc) is 2.28. The summed E-state index contributed by atoms with van der Waals surface area (Å²) in [5, 5.41) is 0. The van der Waals surface area contributed by atoms with E-state index in [0.29, 0.717) is 0 Å². The Labute approximate surface area is 107 Å². The van der Waals surface area contributed by atoms with Crippen molar-refractivity contribution in [2.45, 2.75) is 18.7 Å². The van der Waals surface area contributed by atoms with Crippen LogP contribution in [0.15, 0.2) is 18.2 Å². The van der Waals surface area contributed by atoms with E-state index >= 15 is 0 Å². The van der Waals surface area contributed by atoms with Gasteiger partial charge in [0.25, 0.3) is 0 Å². The van der Waals surface area contributed by atoms with Crippen LogP contribution in [-0.4, -0.2) is 18.4 Å². The number of alkyl halides is 1. The average molecular weight is 303 g/mol. The van der Waals surface area contributed by atoms with Gasteiger partial charge in [-0.05, 0) is 19.9 Å². The smallest absolute Gasteiger partial charge is 0.341 e. The first-order valence-corrected chi connectivity index (χ1v) is 6.00. The predicted molar refractivity (Wildman–Crippen MR) is 64.7 cm³/mol. The van der Waals surface area contributed by atoms with Crippen LogP contribution in [0.25, 0.3) is 0 Å². The standard InChI is InChI=1S/C12H12BrFO3/c1-3-17-12(16)9-6-4-5-8(11(9)14)10(13)7(2)15/h4-6,10H,3H2,1-2H3. The van der Waals surface area contributed by atoms with E-state index < -0.39 is 16.6 Å². The Morgan fingerprint density at radius 1 is 1.47 bits per heavy atom. The van der Waals surface area contributed by atoms with E-state index in [-0.39, 0.29) is 23.5 Å². The molecule has 1 unspecified atom stereocenters. The van der Waals surface area contributed by atoms with Crippen molar-refractivity contribution in [1.82, 2.24) is 0 Å². The number of Topliss-reactive ketones (excluding diaryl/α,β-unsaturated/α-hetero) is 1. The molecule has 1 atom stereocenters. The van der Waals surface area contributed by atoms with Gasteiger partial charge in [-0.1, -0.05) is 28.1 Å². The van der Waals surface area contributed by atoms with Crippen LogP contribution in [0.5, 0.6) is 0 Å². The number of benzene rings is 1. The van der Waals surface area contributed by atoms with Crippen LogP contribution in [0.1, 0.15) is 34.6 Å². The second-order valence-electron chi connectivity index (χ2n) is 3.40. The molecule has 0 spiro atoms. The maximum absolute atomic E-state index is 14.0. The number of carbonyl (C=O) groups is 2. The number of hydrogen-bond donors (Lipinski definition) is 0. The molecule has 0 N–H and O–H groups in total. The molecule has 0 saturated heterocycles. The molecule has 0 saturated carbocycles. The Bertz CT molecular complexity index is 445. The molecule has 0 aromatic heterocycles. The first-order valence-electron chi connectivity index (χ1n) is 5.09. The maximum Gasteiger partial charge on any atom is 0.341 e. The number of hydrogen-bond acceptors (Lipinski definition) is 3. The highest BCUT2D eigenvalue weighted by atomic mass is 79.9. The summed E-state index contributed by atoms with van der Waals surface area (Å²) < 4.78 is 18.7. The number of carbonyl (C=O) groups excluding carboxylic acids is 2. The zero-order valence-electron chi connectivity index (χ0n) is 9.50. The Hall–Kier alpha value is -1.23. The Morgan fingerprint density at radius 2 is 2.12 bits per heavy atom. The van der Waals surface area contributed by atoms with E-state index in [9.17, 15) is 14.0 Å². The zero-order valence-corrected chi connectivity index (χ0v) is 11.1. The van der Waals surface area contributed by atoms with Crippen molar-refractivity contribution in [1.29, 1.82) is 0 Å². The molecule has 5 heteroatoms. The highest BCUT2D eigenvalue weighted by Crippen LogP contribution is 2.28. The van der Waals surface area contributed by atoms with E-state index in [1.165, 1.54) is 25.1 Å². The van der Waals surface area contributed by atoms with Crippen LogP contribution >= 0.6 is 15.9 Å². The monoisotopic (exact) mass is 302 g/mol. The van der Waals surface area contributed by atoms with Gasteiger partial charge < -0.3 is 4.74 Å². The van der Waals surface area contributed by atoms with E-state index in [2.05, 4.69) is 15.9 Å². The molecule has 0 amide bonds. The number of halogens is 2.